The van der Waals surface area contributed by atoms with Crippen molar-refractivity contribution in [3.05, 3.63) is 29.3 Å². The normalized spacial score (nSPS) is 11.2. The van der Waals surface area contributed by atoms with Gasteiger partial charge in [-0.3, -0.25) is 9.36 Å². The lowest BCUT2D eigenvalue weighted by Gasteiger charge is -2.05. The van der Waals surface area contributed by atoms with Crippen LogP contribution >= 0.6 is 0 Å². The molecule has 2 heterocycles. The van der Waals surface area contributed by atoms with E-state index in [2.05, 4.69) is 36.3 Å². The first-order valence-electron chi connectivity index (χ1n) is 6.26. The van der Waals surface area contributed by atoms with Crippen molar-refractivity contribution in [1.29, 1.82) is 0 Å². The zero-order chi connectivity index (χ0) is 13.3. The summed E-state index contributed by atoms with van der Waals surface area (Å²) < 4.78 is 3.87. The van der Waals surface area contributed by atoms with Crippen LogP contribution in [0.25, 0.3) is 0 Å². The molecule has 0 saturated heterocycles. The Morgan fingerprint density at radius 3 is 2.56 bits per heavy atom. The zero-order valence-corrected chi connectivity index (χ0v) is 11.7. The molecule has 18 heavy (non-hydrogen) atoms. The number of hydrogen-bond donors (Lipinski definition) is 1. The van der Waals surface area contributed by atoms with Crippen LogP contribution in [0.2, 0.25) is 0 Å². The van der Waals surface area contributed by atoms with E-state index in [1.807, 2.05) is 35.7 Å². The molecule has 0 aromatic carbocycles. The van der Waals surface area contributed by atoms with Gasteiger partial charge >= 0.3 is 0 Å². The van der Waals surface area contributed by atoms with Crippen molar-refractivity contribution in [2.24, 2.45) is 7.05 Å². The van der Waals surface area contributed by atoms with Crippen LogP contribution in [0.15, 0.2) is 12.4 Å². The Hall–Kier alpha value is -1.78. The molecule has 5 heteroatoms. The Balaban J connectivity index is 2.06. The minimum atomic E-state index is 0.391. The lowest BCUT2D eigenvalue weighted by Crippen LogP contribution is -2.02. The second kappa shape index (κ2) is 4.84. The fourth-order valence-electron chi connectivity index (χ4n) is 1.98. The fraction of sp³-hybridized carbons (Fsp3) is 0.538. The molecule has 0 atom stereocenters. The van der Waals surface area contributed by atoms with Crippen molar-refractivity contribution >= 4 is 5.69 Å². The molecule has 0 radical (unpaired) electrons. The van der Waals surface area contributed by atoms with Gasteiger partial charge < -0.3 is 5.32 Å². The van der Waals surface area contributed by atoms with Gasteiger partial charge in [-0.2, -0.15) is 10.2 Å². The molecule has 0 aliphatic carbocycles. The van der Waals surface area contributed by atoms with Gasteiger partial charge in [-0.25, -0.2) is 0 Å². The van der Waals surface area contributed by atoms with Gasteiger partial charge in [-0.15, -0.1) is 0 Å². The van der Waals surface area contributed by atoms with Gasteiger partial charge in [0, 0.05) is 37.1 Å². The highest BCUT2D eigenvalue weighted by atomic mass is 15.3. The summed E-state index contributed by atoms with van der Waals surface area (Å²) in [6.07, 6.45) is 3.90. The lowest BCUT2D eigenvalue weighted by molar-refractivity contribution is 0.532. The van der Waals surface area contributed by atoms with E-state index in [0.29, 0.717) is 6.04 Å². The van der Waals surface area contributed by atoms with E-state index in [-0.39, 0.29) is 0 Å². The molecule has 0 saturated carbocycles. The van der Waals surface area contributed by atoms with E-state index in [4.69, 9.17) is 0 Å². The number of nitrogens with one attached hydrogen (secondary N) is 1. The van der Waals surface area contributed by atoms with Crippen molar-refractivity contribution in [1.82, 2.24) is 19.6 Å². The summed E-state index contributed by atoms with van der Waals surface area (Å²) in [6.45, 7) is 9.16. The number of rotatable bonds is 4. The molecule has 2 aromatic rings. The standard InChI is InChI=1S/C13H21N5/c1-9(2)18-8-12(6-15-18)14-7-13-10(3)16-17(5)11(13)4/h6,8-9,14H,7H2,1-5H3. The Bertz CT molecular complexity index is 536. The largest absolute Gasteiger partial charge is 0.378 e. The third kappa shape index (κ3) is 2.39. The van der Waals surface area contributed by atoms with E-state index in [9.17, 15) is 0 Å². The lowest BCUT2D eigenvalue weighted by atomic mass is 10.2. The van der Waals surface area contributed by atoms with Crippen LogP contribution in [0, 0.1) is 13.8 Å². The molecule has 2 aromatic heterocycles. The van der Waals surface area contributed by atoms with E-state index in [1.54, 1.807) is 0 Å². The maximum atomic E-state index is 4.41. The molecule has 0 aliphatic rings. The summed E-state index contributed by atoms with van der Waals surface area (Å²) in [5, 5.41) is 12.1. The molecule has 0 spiro atoms. The average molecular weight is 247 g/mol. The Kier molecular flexibility index (Phi) is 3.41. The molecule has 98 valence electrons. The van der Waals surface area contributed by atoms with Crippen molar-refractivity contribution < 1.29 is 0 Å². The van der Waals surface area contributed by atoms with Crippen LogP contribution < -0.4 is 5.32 Å². The molecule has 0 amide bonds. The predicted octanol–water partition coefficient (Wildman–Crippen LogP) is 2.43. The number of anilines is 1. The summed E-state index contributed by atoms with van der Waals surface area (Å²) in [4.78, 5) is 0. The highest BCUT2D eigenvalue weighted by Crippen LogP contribution is 2.15. The first kappa shape index (κ1) is 12.7. The first-order valence-corrected chi connectivity index (χ1v) is 6.26. The van der Waals surface area contributed by atoms with Crippen LogP contribution in [0.5, 0.6) is 0 Å². The van der Waals surface area contributed by atoms with Crippen LogP contribution in [0.3, 0.4) is 0 Å². The van der Waals surface area contributed by atoms with Crippen LogP contribution in [0.4, 0.5) is 5.69 Å². The fourth-order valence-corrected chi connectivity index (χ4v) is 1.98. The third-order valence-electron chi connectivity index (χ3n) is 3.26. The smallest absolute Gasteiger partial charge is 0.0729 e. The summed E-state index contributed by atoms with van der Waals surface area (Å²) in [7, 11) is 1.97. The van der Waals surface area contributed by atoms with E-state index < -0.39 is 0 Å². The van der Waals surface area contributed by atoms with Crippen LogP contribution in [-0.2, 0) is 13.6 Å². The molecule has 5 nitrogen and oxygen atoms in total. The maximum absolute atomic E-state index is 4.41. The molecule has 0 aliphatic heterocycles. The van der Waals surface area contributed by atoms with E-state index in [0.717, 1.165) is 17.9 Å². The SMILES string of the molecule is Cc1nn(C)c(C)c1CNc1cnn(C(C)C)c1. The highest BCUT2D eigenvalue weighted by Gasteiger charge is 2.09. The van der Waals surface area contributed by atoms with Gasteiger partial charge in [0.15, 0.2) is 0 Å². The van der Waals surface area contributed by atoms with Gasteiger partial charge in [0.1, 0.15) is 0 Å². The van der Waals surface area contributed by atoms with Gasteiger partial charge in [-0.1, -0.05) is 0 Å². The molecule has 2 rings (SSSR count). The summed E-state index contributed by atoms with van der Waals surface area (Å²) >= 11 is 0. The Morgan fingerprint density at radius 2 is 2.06 bits per heavy atom. The van der Waals surface area contributed by atoms with Gasteiger partial charge in [0.2, 0.25) is 0 Å². The van der Waals surface area contributed by atoms with Gasteiger partial charge in [0.25, 0.3) is 0 Å². The molecular formula is C13H21N5. The Morgan fingerprint density at radius 1 is 1.33 bits per heavy atom. The molecular weight excluding hydrogens is 226 g/mol. The predicted molar refractivity (Wildman–Crippen MR) is 72.6 cm³/mol. The number of aryl methyl sites for hydroxylation is 2. The minimum Gasteiger partial charge on any atom is -0.378 e. The van der Waals surface area contributed by atoms with Crippen molar-refractivity contribution in [3.8, 4) is 0 Å². The molecule has 0 bridgehead atoms. The molecule has 1 N–H and O–H groups in total. The molecule has 0 fully saturated rings. The minimum absolute atomic E-state index is 0.391. The van der Waals surface area contributed by atoms with Gasteiger partial charge in [0.05, 0.1) is 17.6 Å². The topological polar surface area (TPSA) is 47.7 Å². The average Bonchev–Trinajstić information content (AvgIpc) is 2.85. The van der Waals surface area contributed by atoms with Crippen molar-refractivity contribution in [2.75, 3.05) is 5.32 Å². The van der Waals surface area contributed by atoms with Crippen molar-refractivity contribution in [3.63, 3.8) is 0 Å². The number of nitrogens with zero attached hydrogens (tertiary/aromatic N) is 4. The quantitative estimate of drug-likeness (QED) is 0.902. The van der Waals surface area contributed by atoms with Crippen LogP contribution in [0.1, 0.15) is 36.8 Å². The monoisotopic (exact) mass is 247 g/mol. The van der Waals surface area contributed by atoms with E-state index in [1.165, 1.54) is 11.3 Å². The summed E-state index contributed by atoms with van der Waals surface area (Å²) in [6, 6.07) is 0.391. The maximum Gasteiger partial charge on any atom is 0.0729 e. The zero-order valence-electron chi connectivity index (χ0n) is 11.7. The van der Waals surface area contributed by atoms with Crippen molar-refractivity contribution in [2.45, 2.75) is 40.3 Å². The van der Waals surface area contributed by atoms with E-state index >= 15 is 0 Å². The number of hydrogen-bond acceptors (Lipinski definition) is 3. The van der Waals surface area contributed by atoms with Crippen LogP contribution in [-0.4, -0.2) is 19.6 Å². The van der Waals surface area contributed by atoms with Gasteiger partial charge in [-0.05, 0) is 27.7 Å². The summed E-state index contributed by atoms with van der Waals surface area (Å²) in [5.41, 5.74) is 4.59. The highest BCUT2D eigenvalue weighted by molar-refractivity contribution is 5.40. The molecule has 0 unspecified atom stereocenters. The third-order valence-corrected chi connectivity index (χ3v) is 3.26. The Labute approximate surface area is 108 Å². The second-order valence-corrected chi connectivity index (χ2v) is 4.93. The first-order chi connectivity index (χ1) is 8.49. The second-order valence-electron chi connectivity index (χ2n) is 4.93. The number of aromatic nitrogens is 4. The summed E-state index contributed by atoms with van der Waals surface area (Å²) in [5.74, 6) is 0.